The fourth-order valence-electron chi connectivity index (χ4n) is 2.61. The first kappa shape index (κ1) is 19.1. The lowest BCUT2D eigenvalue weighted by atomic mass is 10.2. The van der Waals surface area contributed by atoms with Crippen molar-refractivity contribution in [1.82, 2.24) is 4.90 Å². The van der Waals surface area contributed by atoms with E-state index in [9.17, 15) is 17.6 Å². The zero-order chi connectivity index (χ0) is 18.6. The number of hydrogen-bond donors (Lipinski definition) is 0. The van der Waals surface area contributed by atoms with Crippen LogP contribution in [0.2, 0.25) is 0 Å². The number of halogens is 1. The Hall–Kier alpha value is -2.21. The number of carbonyl (C=O) groups excluding carboxylic acids is 1. The highest BCUT2D eigenvalue weighted by atomic mass is 32.2. The van der Waals surface area contributed by atoms with Crippen molar-refractivity contribution < 1.29 is 17.6 Å². The molecular formula is C19H22FNO3S. The third-order valence-electron chi connectivity index (χ3n) is 4.02. The molecule has 2 aromatic carbocycles. The zero-order valence-electron chi connectivity index (χ0n) is 14.6. The molecule has 0 aliphatic carbocycles. The molecule has 1 atom stereocenters. The van der Waals surface area contributed by atoms with Crippen LogP contribution >= 0.6 is 0 Å². The van der Waals surface area contributed by atoms with Crippen molar-refractivity contribution >= 4 is 15.7 Å². The summed E-state index contributed by atoms with van der Waals surface area (Å²) in [4.78, 5) is 13.8. The molecule has 0 saturated heterocycles. The summed E-state index contributed by atoms with van der Waals surface area (Å²) in [5.74, 6) is -1.08. The largest absolute Gasteiger partial charge is 0.340 e. The van der Waals surface area contributed by atoms with Gasteiger partial charge in [0.25, 0.3) is 0 Å². The van der Waals surface area contributed by atoms with E-state index in [4.69, 9.17) is 0 Å². The average Bonchev–Trinajstić information content (AvgIpc) is 2.53. The molecule has 134 valence electrons. The quantitative estimate of drug-likeness (QED) is 0.792. The summed E-state index contributed by atoms with van der Waals surface area (Å²) < 4.78 is 38.4. The Labute approximate surface area is 148 Å². The highest BCUT2D eigenvalue weighted by Gasteiger charge is 2.30. The van der Waals surface area contributed by atoms with Crippen LogP contribution in [0.1, 0.15) is 23.6 Å². The molecule has 0 heterocycles. The number of benzene rings is 2. The second-order valence-electron chi connectivity index (χ2n) is 6.26. The van der Waals surface area contributed by atoms with Crippen molar-refractivity contribution in [2.75, 3.05) is 7.05 Å². The van der Waals surface area contributed by atoms with Gasteiger partial charge in [-0.3, -0.25) is 4.79 Å². The smallest absolute Gasteiger partial charge is 0.240 e. The van der Waals surface area contributed by atoms with Crippen LogP contribution in [0.5, 0.6) is 0 Å². The summed E-state index contributed by atoms with van der Waals surface area (Å²) in [6, 6.07) is 13.1. The Balaban J connectivity index is 2.09. The summed E-state index contributed by atoms with van der Waals surface area (Å²) in [5, 5.41) is -1.16. The molecule has 6 heteroatoms. The molecule has 2 rings (SSSR count). The minimum Gasteiger partial charge on any atom is -0.340 e. The van der Waals surface area contributed by atoms with E-state index in [1.807, 2.05) is 13.0 Å². The predicted molar refractivity (Wildman–Crippen MR) is 96.1 cm³/mol. The van der Waals surface area contributed by atoms with Gasteiger partial charge in [-0.15, -0.1) is 0 Å². The highest BCUT2D eigenvalue weighted by molar-refractivity contribution is 7.92. The van der Waals surface area contributed by atoms with Gasteiger partial charge < -0.3 is 4.90 Å². The molecule has 0 fully saturated rings. The lowest BCUT2D eigenvalue weighted by Crippen LogP contribution is -2.39. The van der Waals surface area contributed by atoms with E-state index in [0.717, 1.165) is 5.56 Å². The van der Waals surface area contributed by atoms with E-state index in [-0.39, 0.29) is 12.3 Å². The number of sulfone groups is 1. The maximum absolute atomic E-state index is 13.2. The summed E-state index contributed by atoms with van der Waals surface area (Å²) in [6.07, 6.45) is 0. The molecule has 1 amide bonds. The SMILES string of the molecule is Cc1cccc(CS(=O)(=O)[C@H](C)C(=O)N(C)Cc2cccc(F)c2)c1. The van der Waals surface area contributed by atoms with Crippen LogP contribution in [0, 0.1) is 12.7 Å². The van der Waals surface area contributed by atoms with E-state index >= 15 is 0 Å². The highest BCUT2D eigenvalue weighted by Crippen LogP contribution is 2.15. The molecule has 0 spiro atoms. The summed E-state index contributed by atoms with van der Waals surface area (Å²) in [5.41, 5.74) is 2.24. The normalized spacial score (nSPS) is 12.6. The molecule has 0 aliphatic heterocycles. The minimum absolute atomic E-state index is 0.154. The molecule has 0 aromatic heterocycles. The van der Waals surface area contributed by atoms with Crippen molar-refractivity contribution in [2.45, 2.75) is 31.4 Å². The Morgan fingerprint density at radius 2 is 1.76 bits per heavy atom. The summed E-state index contributed by atoms with van der Waals surface area (Å²) >= 11 is 0. The van der Waals surface area contributed by atoms with Gasteiger partial charge in [-0.2, -0.15) is 0 Å². The van der Waals surface area contributed by atoms with Gasteiger partial charge in [0.2, 0.25) is 5.91 Å². The third-order valence-corrected chi connectivity index (χ3v) is 6.04. The molecule has 0 saturated carbocycles. The number of carbonyl (C=O) groups is 1. The molecule has 0 aliphatic rings. The standard InChI is InChI=1S/C19H22FNO3S/c1-14-6-4-8-17(10-14)13-25(23,24)15(2)19(22)21(3)12-16-7-5-9-18(20)11-16/h4-11,15H,12-13H2,1-3H3/t15-/m1/s1. The zero-order valence-corrected chi connectivity index (χ0v) is 15.4. The van der Waals surface area contributed by atoms with Crippen molar-refractivity contribution in [2.24, 2.45) is 0 Å². The number of rotatable bonds is 6. The number of nitrogens with zero attached hydrogens (tertiary/aromatic N) is 1. The van der Waals surface area contributed by atoms with Gasteiger partial charge in [0.05, 0.1) is 5.75 Å². The fraction of sp³-hybridized carbons (Fsp3) is 0.316. The topological polar surface area (TPSA) is 54.5 Å². The van der Waals surface area contributed by atoms with Crippen LogP contribution in [0.25, 0.3) is 0 Å². The average molecular weight is 363 g/mol. The van der Waals surface area contributed by atoms with Crippen molar-refractivity contribution in [3.8, 4) is 0 Å². The van der Waals surface area contributed by atoms with Gasteiger partial charge in [-0.1, -0.05) is 42.0 Å². The van der Waals surface area contributed by atoms with Crippen LogP contribution in [0.15, 0.2) is 48.5 Å². The first-order valence-corrected chi connectivity index (χ1v) is 9.67. The van der Waals surface area contributed by atoms with Crippen LogP contribution in [0.4, 0.5) is 4.39 Å². The molecule has 4 nitrogen and oxygen atoms in total. The maximum Gasteiger partial charge on any atom is 0.240 e. The van der Waals surface area contributed by atoms with Crippen LogP contribution in [-0.2, 0) is 26.9 Å². The van der Waals surface area contributed by atoms with Gasteiger partial charge in [0, 0.05) is 13.6 Å². The number of hydrogen-bond acceptors (Lipinski definition) is 3. The first-order chi connectivity index (χ1) is 11.7. The van der Waals surface area contributed by atoms with Crippen LogP contribution in [-0.4, -0.2) is 31.5 Å². The minimum atomic E-state index is -3.64. The Morgan fingerprint density at radius 1 is 1.12 bits per heavy atom. The lowest BCUT2D eigenvalue weighted by Gasteiger charge is -2.22. The van der Waals surface area contributed by atoms with E-state index in [2.05, 4.69) is 0 Å². The second-order valence-corrected chi connectivity index (χ2v) is 8.58. The molecular weight excluding hydrogens is 341 g/mol. The molecule has 0 bridgehead atoms. The molecule has 25 heavy (non-hydrogen) atoms. The predicted octanol–water partition coefficient (Wildman–Crippen LogP) is 3.10. The van der Waals surface area contributed by atoms with E-state index in [0.29, 0.717) is 11.1 Å². The van der Waals surface area contributed by atoms with E-state index in [1.54, 1.807) is 30.3 Å². The van der Waals surface area contributed by atoms with Gasteiger partial charge in [-0.25, -0.2) is 12.8 Å². The Kier molecular flexibility index (Phi) is 5.95. The van der Waals surface area contributed by atoms with Crippen LogP contribution < -0.4 is 0 Å². The van der Waals surface area contributed by atoms with Crippen molar-refractivity contribution in [1.29, 1.82) is 0 Å². The number of aryl methyl sites for hydroxylation is 1. The van der Waals surface area contributed by atoms with E-state index in [1.165, 1.54) is 31.0 Å². The molecule has 0 N–H and O–H groups in total. The fourth-order valence-corrected chi connectivity index (χ4v) is 3.99. The Bertz CT molecular complexity index is 864. The van der Waals surface area contributed by atoms with E-state index < -0.39 is 26.8 Å². The Morgan fingerprint density at radius 3 is 2.40 bits per heavy atom. The van der Waals surface area contributed by atoms with Crippen LogP contribution in [0.3, 0.4) is 0 Å². The summed E-state index contributed by atoms with van der Waals surface area (Å²) in [7, 11) is -2.12. The first-order valence-electron chi connectivity index (χ1n) is 7.95. The third kappa shape index (κ3) is 5.13. The summed E-state index contributed by atoms with van der Waals surface area (Å²) in [6.45, 7) is 3.44. The van der Waals surface area contributed by atoms with Gasteiger partial charge in [0.1, 0.15) is 11.1 Å². The molecule has 0 radical (unpaired) electrons. The van der Waals surface area contributed by atoms with Crippen molar-refractivity contribution in [3.05, 3.63) is 71.0 Å². The lowest BCUT2D eigenvalue weighted by molar-refractivity contribution is -0.129. The van der Waals surface area contributed by atoms with Gasteiger partial charge >= 0.3 is 0 Å². The second kappa shape index (κ2) is 7.78. The molecule has 2 aromatic rings. The molecule has 0 unspecified atom stereocenters. The van der Waals surface area contributed by atoms with Gasteiger partial charge in [-0.05, 0) is 37.1 Å². The van der Waals surface area contributed by atoms with Crippen molar-refractivity contribution in [3.63, 3.8) is 0 Å². The maximum atomic E-state index is 13.2. The monoisotopic (exact) mass is 363 g/mol. The number of amides is 1. The van der Waals surface area contributed by atoms with Gasteiger partial charge in [0.15, 0.2) is 9.84 Å².